The van der Waals surface area contributed by atoms with Crippen LogP contribution in [0.5, 0.6) is 5.75 Å². The van der Waals surface area contributed by atoms with Crippen LogP contribution >= 0.6 is 0 Å². The Morgan fingerprint density at radius 2 is 2.05 bits per heavy atom. The molecule has 0 N–H and O–H groups in total. The van der Waals surface area contributed by atoms with Crippen molar-refractivity contribution < 1.29 is 42.2 Å². The summed E-state index contributed by atoms with van der Waals surface area (Å²) in [5, 5.41) is 0. The number of ether oxygens (including phenoxy) is 1. The molecule has 1 radical (unpaired) electrons. The molecule has 1 aliphatic rings. The Bertz CT molecular complexity index is 678. The van der Waals surface area contributed by atoms with E-state index in [1.54, 1.807) is 18.2 Å². The summed E-state index contributed by atoms with van der Waals surface area (Å²) in [4.78, 5) is 12.9. The number of rotatable bonds is 3. The van der Waals surface area contributed by atoms with Crippen LogP contribution in [0.4, 0.5) is 0 Å². The van der Waals surface area contributed by atoms with Gasteiger partial charge in [0.1, 0.15) is 5.75 Å². The van der Waals surface area contributed by atoms with Crippen LogP contribution in [0.25, 0.3) is 5.70 Å². The van der Waals surface area contributed by atoms with Crippen molar-refractivity contribution in [2.75, 3.05) is 6.54 Å². The van der Waals surface area contributed by atoms with Crippen LogP contribution in [0, 0.1) is 18.4 Å². The quantitative estimate of drug-likeness (QED) is 0.356. The third kappa shape index (κ3) is 3.97. The van der Waals surface area contributed by atoms with Crippen molar-refractivity contribution in [3.63, 3.8) is 0 Å². The number of likely N-dealkylation sites (N-methyl/N-ethyl adjacent to an activating group) is 1. The number of carbonyl (C=O) groups is 1. The van der Waals surface area contributed by atoms with Crippen molar-refractivity contribution in [3.8, 4) is 18.1 Å². The SMILES string of the molecule is C#CC1=C[C-]=C(c2ccc(OC(C)=O)cc2)N(CC)C1=C.[Y]. The molecule has 0 spiro atoms. The Hall–Kier alpha value is -1.63. The maximum atomic E-state index is 10.9. The van der Waals surface area contributed by atoms with Gasteiger partial charge < -0.3 is 9.64 Å². The van der Waals surface area contributed by atoms with Gasteiger partial charge in [-0.15, -0.1) is 24.5 Å². The average Bonchev–Trinajstić information content (AvgIpc) is 2.47. The molecule has 1 aromatic rings. The summed E-state index contributed by atoms with van der Waals surface area (Å²) in [7, 11) is 0. The molecule has 0 amide bonds. The molecule has 0 bridgehead atoms. The average molecular weight is 367 g/mol. The molecule has 3 nitrogen and oxygen atoms in total. The van der Waals surface area contributed by atoms with E-state index in [-0.39, 0.29) is 38.7 Å². The second-order valence-electron chi connectivity index (χ2n) is 4.50. The molecule has 0 saturated heterocycles. The minimum absolute atomic E-state index is 0. The number of carbonyl (C=O) groups excluding carboxylic acids is 1. The Morgan fingerprint density at radius 1 is 1.41 bits per heavy atom. The molecular formula is C18H16NO2Y-. The fourth-order valence-electron chi connectivity index (χ4n) is 2.14. The molecule has 0 aromatic heterocycles. The molecule has 0 aliphatic carbocycles. The van der Waals surface area contributed by atoms with Gasteiger partial charge in [0.15, 0.2) is 0 Å². The first-order valence-electron chi connectivity index (χ1n) is 6.62. The predicted octanol–water partition coefficient (Wildman–Crippen LogP) is 3.16. The number of esters is 1. The third-order valence-corrected chi connectivity index (χ3v) is 3.12. The summed E-state index contributed by atoms with van der Waals surface area (Å²) in [5.41, 5.74) is 3.38. The van der Waals surface area contributed by atoms with Crippen molar-refractivity contribution in [2.24, 2.45) is 0 Å². The van der Waals surface area contributed by atoms with Gasteiger partial charge in [-0.25, -0.2) is 0 Å². The molecular weight excluding hydrogens is 351 g/mol. The van der Waals surface area contributed by atoms with Crippen molar-refractivity contribution >= 4 is 11.7 Å². The molecule has 0 unspecified atom stereocenters. The van der Waals surface area contributed by atoms with Crippen LogP contribution in [-0.2, 0) is 37.5 Å². The minimum Gasteiger partial charge on any atom is -0.427 e. The van der Waals surface area contributed by atoms with E-state index in [1.807, 2.05) is 24.0 Å². The van der Waals surface area contributed by atoms with Crippen molar-refractivity contribution in [1.82, 2.24) is 4.90 Å². The zero-order valence-corrected chi connectivity index (χ0v) is 15.6. The number of hydrogen-bond acceptors (Lipinski definition) is 3. The number of nitrogens with zero attached hydrogens (tertiary/aromatic N) is 1. The monoisotopic (exact) mass is 367 g/mol. The van der Waals surface area contributed by atoms with Gasteiger partial charge in [-0.2, -0.15) is 12.2 Å². The molecule has 2 rings (SSSR count). The standard InChI is InChI=1S/C18H16NO2.Y/c1-5-15-9-12-18(19(6-2)13(15)3)16-7-10-17(11-8-16)21-14(4)20;/h1,7-11H,3,6H2,2,4H3;/q-1;. The zero-order chi connectivity index (χ0) is 15.4. The van der Waals surface area contributed by atoms with Crippen LogP contribution in [0.15, 0.2) is 48.2 Å². The normalized spacial score (nSPS) is 13.5. The summed E-state index contributed by atoms with van der Waals surface area (Å²) in [6.07, 6.45) is 10.4. The van der Waals surface area contributed by atoms with Crippen LogP contribution < -0.4 is 4.74 Å². The molecule has 109 valence electrons. The summed E-state index contributed by atoms with van der Waals surface area (Å²) in [6, 6.07) is 7.27. The first-order valence-corrected chi connectivity index (χ1v) is 6.62. The van der Waals surface area contributed by atoms with E-state index in [0.29, 0.717) is 5.75 Å². The van der Waals surface area contributed by atoms with Crippen LogP contribution in [0.2, 0.25) is 0 Å². The number of benzene rings is 1. The Kier molecular flexibility index (Phi) is 6.80. The Labute approximate surface area is 156 Å². The smallest absolute Gasteiger partial charge is 0.308 e. The van der Waals surface area contributed by atoms with Crippen molar-refractivity contribution in [3.05, 3.63) is 59.8 Å². The van der Waals surface area contributed by atoms with Gasteiger partial charge in [0, 0.05) is 46.2 Å². The second-order valence-corrected chi connectivity index (χ2v) is 4.50. The van der Waals surface area contributed by atoms with Crippen LogP contribution in [-0.4, -0.2) is 17.4 Å². The van der Waals surface area contributed by atoms with Crippen LogP contribution in [0.1, 0.15) is 19.4 Å². The molecule has 22 heavy (non-hydrogen) atoms. The Morgan fingerprint density at radius 3 is 2.55 bits per heavy atom. The Balaban J connectivity index is 0.00000242. The third-order valence-electron chi connectivity index (χ3n) is 3.12. The van der Waals surface area contributed by atoms with Gasteiger partial charge in [0.25, 0.3) is 0 Å². The zero-order valence-electron chi connectivity index (χ0n) is 12.7. The van der Waals surface area contributed by atoms with E-state index in [9.17, 15) is 4.79 Å². The fraction of sp³-hybridized carbons (Fsp3) is 0.167. The maximum absolute atomic E-state index is 10.9. The molecule has 0 atom stereocenters. The van der Waals surface area contributed by atoms with Crippen molar-refractivity contribution in [1.29, 1.82) is 0 Å². The van der Waals surface area contributed by atoms with Gasteiger partial charge in [-0.3, -0.25) is 4.79 Å². The fourth-order valence-corrected chi connectivity index (χ4v) is 2.14. The first-order chi connectivity index (χ1) is 10.1. The number of terminal acetylenes is 1. The van der Waals surface area contributed by atoms with Gasteiger partial charge in [0.2, 0.25) is 0 Å². The van der Waals surface area contributed by atoms with Gasteiger partial charge in [-0.05, 0) is 24.8 Å². The van der Waals surface area contributed by atoms with E-state index in [1.165, 1.54) is 6.92 Å². The maximum Gasteiger partial charge on any atom is 0.308 e. The molecule has 4 heteroatoms. The largest absolute Gasteiger partial charge is 0.427 e. The number of allylic oxidation sites excluding steroid dienone is 3. The van der Waals surface area contributed by atoms with Gasteiger partial charge >= 0.3 is 5.97 Å². The van der Waals surface area contributed by atoms with E-state index >= 15 is 0 Å². The van der Waals surface area contributed by atoms with E-state index in [2.05, 4.69) is 18.6 Å². The molecule has 0 saturated carbocycles. The summed E-state index contributed by atoms with van der Waals surface area (Å²) >= 11 is 0. The second kappa shape index (κ2) is 8.12. The van der Waals surface area contributed by atoms with Crippen LogP contribution in [0.3, 0.4) is 0 Å². The van der Waals surface area contributed by atoms with E-state index in [4.69, 9.17) is 11.2 Å². The van der Waals surface area contributed by atoms with Gasteiger partial charge in [0.05, 0.1) is 0 Å². The van der Waals surface area contributed by atoms with E-state index < -0.39 is 0 Å². The molecule has 0 fully saturated rings. The topological polar surface area (TPSA) is 29.5 Å². The van der Waals surface area contributed by atoms with Crippen molar-refractivity contribution in [2.45, 2.75) is 13.8 Å². The molecule has 1 aliphatic heterocycles. The summed E-state index contributed by atoms with van der Waals surface area (Å²) in [6.45, 7) is 8.18. The minimum atomic E-state index is -0.337. The molecule has 1 heterocycles. The van der Waals surface area contributed by atoms with E-state index in [0.717, 1.165) is 29.1 Å². The van der Waals surface area contributed by atoms with Gasteiger partial charge in [-0.1, -0.05) is 23.4 Å². The summed E-state index contributed by atoms with van der Waals surface area (Å²) < 4.78 is 5.03. The number of hydrogen-bond donors (Lipinski definition) is 0. The predicted molar refractivity (Wildman–Crippen MR) is 82.8 cm³/mol. The first kappa shape index (κ1) is 18.4. The molecule has 1 aromatic carbocycles. The summed E-state index contributed by atoms with van der Waals surface area (Å²) in [5.74, 6) is 2.79.